The number of benzene rings is 1. The molecule has 2 rings (SSSR count). The maximum Gasteiger partial charge on any atom is 0.356 e. The van der Waals surface area contributed by atoms with Crippen molar-refractivity contribution in [3.63, 3.8) is 0 Å². The van der Waals surface area contributed by atoms with Gasteiger partial charge in [-0.2, -0.15) is 0 Å². The average molecular weight is 271 g/mol. The summed E-state index contributed by atoms with van der Waals surface area (Å²) in [7, 11) is -4.30. The van der Waals surface area contributed by atoms with Crippen molar-refractivity contribution in [2.24, 2.45) is 0 Å². The Balaban J connectivity index is 2.34. The topological polar surface area (TPSA) is 107 Å². The van der Waals surface area contributed by atoms with E-state index in [9.17, 15) is 9.36 Å². The first-order valence-electron chi connectivity index (χ1n) is 5.52. The largest absolute Gasteiger partial charge is 0.480 e. The van der Waals surface area contributed by atoms with Gasteiger partial charge in [-0.3, -0.25) is 9.36 Å². The maximum absolute atomic E-state index is 11.2. The zero-order chi connectivity index (χ0) is 13.3. The number of aliphatic carboxylic acids is 1. The number of rotatable bonds is 3. The van der Waals surface area contributed by atoms with Gasteiger partial charge in [-0.15, -0.1) is 0 Å². The highest BCUT2D eigenvalue weighted by molar-refractivity contribution is 7.60. The third-order valence-corrected chi connectivity index (χ3v) is 4.07. The summed E-state index contributed by atoms with van der Waals surface area (Å²) in [5.74, 6) is -1.20. The second-order valence-corrected chi connectivity index (χ2v) is 5.91. The van der Waals surface area contributed by atoms with Crippen LogP contribution in [0.4, 0.5) is 0 Å². The van der Waals surface area contributed by atoms with Crippen LogP contribution in [0.2, 0.25) is 0 Å². The lowest BCUT2D eigenvalue weighted by Crippen LogP contribution is -2.34. The van der Waals surface area contributed by atoms with E-state index in [1.165, 1.54) is 12.1 Å². The summed E-state index contributed by atoms with van der Waals surface area (Å²) in [6.45, 7) is 0.585. The van der Waals surface area contributed by atoms with Crippen molar-refractivity contribution >= 4 is 18.9 Å². The molecule has 7 heteroatoms. The molecule has 0 amide bonds. The Morgan fingerprint density at radius 3 is 2.72 bits per heavy atom. The summed E-state index contributed by atoms with van der Waals surface area (Å²) in [6.07, 6.45) is 0.640. The molecule has 4 N–H and O–H groups in total. The van der Waals surface area contributed by atoms with Gasteiger partial charge in [-0.05, 0) is 30.7 Å². The van der Waals surface area contributed by atoms with Gasteiger partial charge in [0.1, 0.15) is 6.04 Å². The minimum Gasteiger partial charge on any atom is -0.480 e. The highest BCUT2D eigenvalue weighted by atomic mass is 31.2. The van der Waals surface area contributed by atoms with Crippen LogP contribution >= 0.6 is 7.60 Å². The molecular formula is C11H14NO5P. The molecule has 0 spiro atoms. The summed E-state index contributed by atoms with van der Waals surface area (Å²) < 4.78 is 11.2. The summed E-state index contributed by atoms with van der Waals surface area (Å²) in [4.78, 5) is 29.3. The summed E-state index contributed by atoms with van der Waals surface area (Å²) in [6, 6.07) is 5.29. The van der Waals surface area contributed by atoms with Crippen molar-refractivity contribution in [1.82, 2.24) is 5.32 Å². The van der Waals surface area contributed by atoms with Gasteiger partial charge >= 0.3 is 13.6 Å². The molecule has 1 fully saturated rings. The Labute approximate surface area is 104 Å². The predicted octanol–water partition coefficient (Wildman–Crippen LogP) is 0.0197. The van der Waals surface area contributed by atoms with Crippen molar-refractivity contribution < 1.29 is 24.3 Å². The average Bonchev–Trinajstić information content (AvgIpc) is 2.77. The van der Waals surface area contributed by atoms with E-state index in [2.05, 4.69) is 5.32 Å². The fourth-order valence-corrected chi connectivity index (χ4v) is 2.86. The highest BCUT2D eigenvalue weighted by Crippen LogP contribution is 2.35. The number of hydrogen-bond acceptors (Lipinski definition) is 3. The molecule has 1 aromatic carbocycles. The van der Waals surface area contributed by atoms with E-state index in [-0.39, 0.29) is 11.2 Å². The fraction of sp³-hybridized carbons (Fsp3) is 0.364. The number of carbonyl (C=O) groups is 1. The molecule has 1 aromatic rings. The van der Waals surface area contributed by atoms with Crippen LogP contribution < -0.4 is 10.6 Å². The molecule has 1 heterocycles. The lowest BCUT2D eigenvalue weighted by molar-refractivity contribution is -0.139. The molecule has 0 bridgehead atoms. The quantitative estimate of drug-likeness (QED) is 0.577. The lowest BCUT2D eigenvalue weighted by Gasteiger charge is -2.16. The van der Waals surface area contributed by atoms with Crippen molar-refractivity contribution in [2.45, 2.75) is 18.4 Å². The normalized spacial score (nSPS) is 24.1. The molecule has 2 atom stereocenters. The molecule has 6 nitrogen and oxygen atoms in total. The van der Waals surface area contributed by atoms with E-state index in [0.717, 1.165) is 0 Å². The summed E-state index contributed by atoms with van der Waals surface area (Å²) >= 11 is 0. The van der Waals surface area contributed by atoms with Crippen LogP contribution in [0.1, 0.15) is 17.9 Å². The standard InChI is InChI=1S/C11H14NO5P/c13-11(14)10-9(4-5-12-10)7-2-1-3-8(6-7)18(15,16)17/h1-3,6,9-10,12H,4-5H2,(H,13,14)(H2,15,16,17)/t9-,10+/m1/s1. The van der Waals surface area contributed by atoms with E-state index in [0.29, 0.717) is 18.5 Å². The Bertz CT molecular complexity index is 512. The molecule has 1 aliphatic heterocycles. The molecular weight excluding hydrogens is 257 g/mol. The van der Waals surface area contributed by atoms with Gasteiger partial charge in [0.25, 0.3) is 0 Å². The van der Waals surface area contributed by atoms with Gasteiger partial charge < -0.3 is 20.2 Å². The van der Waals surface area contributed by atoms with Crippen LogP contribution in [0.15, 0.2) is 24.3 Å². The van der Waals surface area contributed by atoms with E-state index >= 15 is 0 Å². The molecule has 0 radical (unpaired) electrons. The van der Waals surface area contributed by atoms with Gasteiger partial charge in [-0.1, -0.05) is 12.1 Å². The van der Waals surface area contributed by atoms with Gasteiger partial charge in [0.05, 0.1) is 5.30 Å². The molecule has 1 aliphatic rings. The zero-order valence-corrected chi connectivity index (χ0v) is 10.4. The minimum absolute atomic E-state index is 0.0731. The van der Waals surface area contributed by atoms with Crippen LogP contribution in [-0.4, -0.2) is 33.4 Å². The fourth-order valence-electron chi connectivity index (χ4n) is 2.26. The third-order valence-electron chi connectivity index (χ3n) is 3.12. The Morgan fingerprint density at radius 2 is 2.11 bits per heavy atom. The van der Waals surface area contributed by atoms with Crippen LogP contribution in [0.5, 0.6) is 0 Å². The number of carboxylic acid groups (broad SMARTS) is 1. The first-order chi connectivity index (χ1) is 8.39. The van der Waals surface area contributed by atoms with Crippen LogP contribution in [0, 0.1) is 0 Å². The Hall–Kier alpha value is -1.20. The highest BCUT2D eigenvalue weighted by Gasteiger charge is 2.34. The van der Waals surface area contributed by atoms with Gasteiger partial charge in [0, 0.05) is 5.92 Å². The Morgan fingerprint density at radius 1 is 1.39 bits per heavy atom. The zero-order valence-electron chi connectivity index (χ0n) is 9.48. The molecule has 1 saturated heterocycles. The van der Waals surface area contributed by atoms with Crippen molar-refractivity contribution in [2.75, 3.05) is 6.54 Å². The minimum atomic E-state index is -4.30. The summed E-state index contributed by atoms with van der Waals surface area (Å²) in [5, 5.41) is 11.9. The van der Waals surface area contributed by atoms with E-state index in [4.69, 9.17) is 14.9 Å². The molecule has 98 valence electrons. The van der Waals surface area contributed by atoms with E-state index < -0.39 is 19.6 Å². The third kappa shape index (κ3) is 2.62. The van der Waals surface area contributed by atoms with Crippen molar-refractivity contribution in [1.29, 1.82) is 0 Å². The van der Waals surface area contributed by atoms with Crippen LogP contribution in [0.3, 0.4) is 0 Å². The second-order valence-electron chi connectivity index (χ2n) is 4.30. The monoisotopic (exact) mass is 271 g/mol. The lowest BCUT2D eigenvalue weighted by atomic mass is 9.92. The Kier molecular flexibility index (Phi) is 3.54. The van der Waals surface area contributed by atoms with Crippen LogP contribution in [-0.2, 0) is 9.36 Å². The molecule has 0 saturated carbocycles. The molecule has 0 unspecified atom stereocenters. The molecule has 0 aromatic heterocycles. The first-order valence-corrected chi connectivity index (χ1v) is 7.13. The number of hydrogen-bond donors (Lipinski definition) is 4. The number of nitrogens with one attached hydrogen (secondary N) is 1. The van der Waals surface area contributed by atoms with Crippen molar-refractivity contribution in [3.8, 4) is 0 Å². The molecule has 0 aliphatic carbocycles. The second kappa shape index (κ2) is 4.82. The van der Waals surface area contributed by atoms with Gasteiger partial charge in [-0.25, -0.2) is 0 Å². The maximum atomic E-state index is 11.2. The SMILES string of the molecule is O=C(O)[C@H]1NCC[C@@H]1c1cccc(P(=O)(O)O)c1. The van der Waals surface area contributed by atoms with E-state index in [1.807, 2.05) is 0 Å². The van der Waals surface area contributed by atoms with Gasteiger partial charge in [0.2, 0.25) is 0 Å². The van der Waals surface area contributed by atoms with E-state index in [1.54, 1.807) is 12.1 Å². The number of carboxylic acids is 1. The first kappa shape index (κ1) is 13.2. The van der Waals surface area contributed by atoms with Crippen molar-refractivity contribution in [3.05, 3.63) is 29.8 Å². The van der Waals surface area contributed by atoms with Crippen LogP contribution in [0.25, 0.3) is 0 Å². The summed E-state index contributed by atoms with van der Waals surface area (Å²) in [5.41, 5.74) is 0.647. The molecule has 18 heavy (non-hydrogen) atoms. The smallest absolute Gasteiger partial charge is 0.356 e. The predicted molar refractivity (Wildman–Crippen MR) is 64.9 cm³/mol. The van der Waals surface area contributed by atoms with Gasteiger partial charge in [0.15, 0.2) is 0 Å².